The normalized spacial score (nSPS) is 11.1. The molecular weight excluding hydrogens is 382 g/mol. The van der Waals surface area contributed by atoms with E-state index in [0.29, 0.717) is 10.6 Å². The van der Waals surface area contributed by atoms with Crippen molar-refractivity contribution in [3.05, 3.63) is 64.2 Å². The average molecular weight is 399 g/mol. The highest BCUT2D eigenvalue weighted by atomic mass is 32.2. The van der Waals surface area contributed by atoms with Gasteiger partial charge in [-0.15, -0.1) is 11.8 Å². The van der Waals surface area contributed by atoms with E-state index in [4.69, 9.17) is 10.00 Å². The van der Waals surface area contributed by atoms with Crippen molar-refractivity contribution in [2.24, 2.45) is 0 Å². The fourth-order valence-electron chi connectivity index (χ4n) is 2.15. The van der Waals surface area contributed by atoms with Gasteiger partial charge in [-0.1, -0.05) is 12.1 Å². The first-order valence-corrected chi connectivity index (χ1v) is 9.10. The Bertz CT molecular complexity index is 891. The van der Waals surface area contributed by atoms with Gasteiger partial charge >= 0.3 is 5.97 Å². The van der Waals surface area contributed by atoms with Crippen molar-refractivity contribution in [2.75, 3.05) is 11.9 Å². The number of nitriles is 1. The van der Waals surface area contributed by atoms with Crippen molar-refractivity contribution < 1.29 is 19.2 Å². The van der Waals surface area contributed by atoms with Crippen LogP contribution in [-0.2, 0) is 20.7 Å². The van der Waals surface area contributed by atoms with Crippen LogP contribution in [0.2, 0.25) is 0 Å². The molecule has 1 N–H and O–H groups in total. The molecule has 0 saturated carbocycles. The van der Waals surface area contributed by atoms with E-state index in [-0.39, 0.29) is 12.1 Å². The van der Waals surface area contributed by atoms with Crippen molar-refractivity contribution in [1.82, 2.24) is 0 Å². The smallest absolute Gasteiger partial charge is 0.319 e. The first kappa shape index (κ1) is 20.9. The van der Waals surface area contributed by atoms with Crippen LogP contribution in [0.1, 0.15) is 12.5 Å². The summed E-state index contributed by atoms with van der Waals surface area (Å²) in [5.74, 6) is -1.04. The summed E-state index contributed by atoms with van der Waals surface area (Å²) >= 11 is 1.18. The third-order valence-electron chi connectivity index (χ3n) is 3.56. The molecular formula is C19H17N3O5S. The largest absolute Gasteiger partial charge is 0.455 e. The Hall–Kier alpha value is -3.38. The fourth-order valence-corrected chi connectivity index (χ4v) is 3.01. The van der Waals surface area contributed by atoms with Gasteiger partial charge in [0.05, 0.1) is 17.4 Å². The van der Waals surface area contributed by atoms with Crippen LogP contribution in [0.5, 0.6) is 0 Å². The van der Waals surface area contributed by atoms with Crippen molar-refractivity contribution in [3.63, 3.8) is 0 Å². The summed E-state index contributed by atoms with van der Waals surface area (Å²) in [6.07, 6.45) is 0.288. The highest BCUT2D eigenvalue weighted by Gasteiger charge is 2.18. The van der Waals surface area contributed by atoms with Crippen LogP contribution in [0, 0.1) is 21.4 Å². The van der Waals surface area contributed by atoms with E-state index in [0.717, 1.165) is 5.56 Å². The standard InChI is InChI=1S/C19H17N3O5S/c1-13(28-17-8-6-16(7-9-17)22(25)26)19(24)27-12-18(23)21-15-4-2-14(3-5-15)10-11-20/h2-9,13H,10,12H2,1H3,(H,21,23). The maximum atomic E-state index is 12.0. The van der Waals surface area contributed by atoms with Crippen LogP contribution in [0.4, 0.5) is 11.4 Å². The summed E-state index contributed by atoms with van der Waals surface area (Å²) < 4.78 is 5.01. The summed E-state index contributed by atoms with van der Waals surface area (Å²) in [4.78, 5) is 34.8. The van der Waals surface area contributed by atoms with Crippen LogP contribution in [0.15, 0.2) is 53.4 Å². The van der Waals surface area contributed by atoms with Gasteiger partial charge in [0, 0.05) is 22.7 Å². The minimum Gasteiger partial charge on any atom is -0.455 e. The van der Waals surface area contributed by atoms with Gasteiger partial charge in [-0.2, -0.15) is 5.26 Å². The zero-order chi connectivity index (χ0) is 20.5. The van der Waals surface area contributed by atoms with Gasteiger partial charge in [-0.05, 0) is 36.8 Å². The van der Waals surface area contributed by atoms with E-state index in [1.807, 2.05) is 6.07 Å². The van der Waals surface area contributed by atoms with E-state index in [2.05, 4.69) is 5.32 Å². The third-order valence-corrected chi connectivity index (χ3v) is 4.65. The SMILES string of the molecule is CC(Sc1ccc([N+](=O)[O-])cc1)C(=O)OCC(=O)Nc1ccc(CC#N)cc1. The Labute approximate surface area is 165 Å². The third kappa shape index (κ3) is 6.41. The molecule has 0 heterocycles. The Morgan fingerprint density at radius 2 is 1.86 bits per heavy atom. The number of nitro groups is 1. The number of non-ortho nitro benzene ring substituents is 1. The minimum atomic E-state index is -0.584. The van der Waals surface area contributed by atoms with Gasteiger partial charge in [0.2, 0.25) is 0 Å². The van der Waals surface area contributed by atoms with E-state index >= 15 is 0 Å². The van der Waals surface area contributed by atoms with Crippen LogP contribution in [-0.4, -0.2) is 28.7 Å². The van der Waals surface area contributed by atoms with E-state index in [9.17, 15) is 19.7 Å². The topological polar surface area (TPSA) is 122 Å². The molecule has 2 aromatic rings. The Morgan fingerprint density at radius 1 is 1.21 bits per heavy atom. The number of nitrogens with one attached hydrogen (secondary N) is 1. The number of rotatable bonds is 8. The predicted octanol–water partition coefficient (Wildman–Crippen LogP) is 3.32. The van der Waals surface area contributed by atoms with Gasteiger partial charge in [0.1, 0.15) is 5.25 Å². The molecule has 0 aromatic heterocycles. The van der Waals surface area contributed by atoms with Gasteiger partial charge in [-0.25, -0.2) is 0 Å². The molecule has 0 aliphatic heterocycles. The number of carbonyl (C=O) groups excluding carboxylic acids is 2. The van der Waals surface area contributed by atoms with E-state index < -0.39 is 28.7 Å². The quantitative estimate of drug-likeness (QED) is 0.313. The second kappa shape index (κ2) is 10.1. The van der Waals surface area contributed by atoms with Crippen LogP contribution < -0.4 is 5.32 Å². The summed E-state index contributed by atoms with van der Waals surface area (Å²) in [5, 5.41) is 21.3. The number of hydrogen-bond acceptors (Lipinski definition) is 7. The van der Waals surface area contributed by atoms with Crippen molar-refractivity contribution in [1.29, 1.82) is 5.26 Å². The first-order chi connectivity index (χ1) is 13.4. The van der Waals surface area contributed by atoms with Crippen LogP contribution in [0.3, 0.4) is 0 Å². The summed E-state index contributed by atoms with van der Waals surface area (Å²) in [6.45, 7) is 1.20. The van der Waals surface area contributed by atoms with Gasteiger partial charge in [0.25, 0.3) is 11.6 Å². The molecule has 1 atom stereocenters. The lowest BCUT2D eigenvalue weighted by molar-refractivity contribution is -0.384. The van der Waals surface area contributed by atoms with Crippen molar-refractivity contribution in [3.8, 4) is 6.07 Å². The number of nitrogens with zero attached hydrogens (tertiary/aromatic N) is 2. The zero-order valence-electron chi connectivity index (χ0n) is 15.0. The Balaban J connectivity index is 1.79. The van der Waals surface area contributed by atoms with Crippen LogP contribution >= 0.6 is 11.8 Å². The second-order valence-corrected chi connectivity index (χ2v) is 7.11. The number of anilines is 1. The molecule has 0 saturated heterocycles. The molecule has 144 valence electrons. The number of nitro benzene ring substituents is 1. The highest BCUT2D eigenvalue weighted by Crippen LogP contribution is 2.26. The number of thioether (sulfide) groups is 1. The summed E-state index contributed by atoms with van der Waals surface area (Å²) in [7, 11) is 0. The number of benzene rings is 2. The Kier molecular flexibility index (Phi) is 7.54. The lowest BCUT2D eigenvalue weighted by Crippen LogP contribution is -2.24. The molecule has 8 nitrogen and oxygen atoms in total. The summed E-state index contributed by atoms with van der Waals surface area (Å²) in [6, 6.07) is 14.6. The van der Waals surface area contributed by atoms with Crippen molar-refractivity contribution >= 4 is 35.0 Å². The lowest BCUT2D eigenvalue weighted by Gasteiger charge is -2.11. The molecule has 0 fully saturated rings. The number of ether oxygens (including phenoxy) is 1. The molecule has 0 bridgehead atoms. The van der Waals surface area contributed by atoms with Gasteiger partial charge in [-0.3, -0.25) is 19.7 Å². The van der Waals surface area contributed by atoms with E-state index in [1.54, 1.807) is 43.3 Å². The first-order valence-electron chi connectivity index (χ1n) is 8.22. The van der Waals surface area contributed by atoms with Crippen LogP contribution in [0.25, 0.3) is 0 Å². The van der Waals surface area contributed by atoms with E-state index in [1.165, 1.54) is 23.9 Å². The molecule has 0 spiro atoms. The molecule has 1 amide bonds. The Morgan fingerprint density at radius 3 is 2.43 bits per heavy atom. The average Bonchev–Trinajstić information content (AvgIpc) is 2.68. The van der Waals surface area contributed by atoms with Gasteiger partial charge in [0.15, 0.2) is 6.61 Å². The molecule has 9 heteroatoms. The maximum absolute atomic E-state index is 12.0. The molecule has 0 aliphatic rings. The molecule has 0 radical (unpaired) electrons. The minimum absolute atomic E-state index is 0.0306. The highest BCUT2D eigenvalue weighted by molar-refractivity contribution is 8.00. The number of esters is 1. The monoisotopic (exact) mass is 399 g/mol. The number of hydrogen-bond donors (Lipinski definition) is 1. The molecule has 28 heavy (non-hydrogen) atoms. The summed E-state index contributed by atoms with van der Waals surface area (Å²) in [5.41, 5.74) is 1.34. The molecule has 2 rings (SSSR count). The van der Waals surface area contributed by atoms with Crippen molar-refractivity contribution in [2.45, 2.75) is 23.5 Å². The number of carbonyl (C=O) groups is 2. The fraction of sp³-hybridized carbons (Fsp3) is 0.211. The maximum Gasteiger partial charge on any atom is 0.319 e. The molecule has 1 unspecified atom stereocenters. The molecule has 2 aromatic carbocycles. The molecule has 0 aliphatic carbocycles. The van der Waals surface area contributed by atoms with Gasteiger partial charge < -0.3 is 10.1 Å². The lowest BCUT2D eigenvalue weighted by atomic mass is 10.1. The zero-order valence-corrected chi connectivity index (χ0v) is 15.8. The number of amides is 1. The predicted molar refractivity (Wildman–Crippen MR) is 104 cm³/mol. The second-order valence-electron chi connectivity index (χ2n) is 5.70.